The molecule has 0 bridgehead atoms. The van der Waals surface area contributed by atoms with E-state index in [0.29, 0.717) is 5.92 Å². The molecule has 0 saturated heterocycles. The lowest BCUT2D eigenvalue weighted by atomic mass is 9.79. The van der Waals surface area contributed by atoms with Gasteiger partial charge in [-0.3, -0.25) is 0 Å². The summed E-state index contributed by atoms with van der Waals surface area (Å²) in [7, 11) is 0. The summed E-state index contributed by atoms with van der Waals surface area (Å²) < 4.78 is 0. The van der Waals surface area contributed by atoms with Gasteiger partial charge < -0.3 is 0 Å². The van der Waals surface area contributed by atoms with Crippen molar-refractivity contribution in [2.75, 3.05) is 0 Å². The molecule has 2 aliphatic rings. The fourth-order valence-corrected chi connectivity index (χ4v) is 3.25. The van der Waals surface area contributed by atoms with Gasteiger partial charge in [-0.25, -0.2) is 0 Å². The number of aryl methyl sites for hydroxylation is 1. The monoisotopic (exact) mass is 218 g/mol. The van der Waals surface area contributed by atoms with Gasteiger partial charge in [0.1, 0.15) is 0 Å². The van der Waals surface area contributed by atoms with Crippen LogP contribution in [0.25, 0.3) is 10.8 Å². The molecular formula is C17H14. The molecule has 0 aromatic heterocycles. The molecule has 82 valence electrons. The molecule has 2 aliphatic carbocycles. The minimum atomic E-state index is 0.559. The van der Waals surface area contributed by atoms with Gasteiger partial charge in [0.05, 0.1) is 0 Å². The second-order valence-electron chi connectivity index (χ2n) is 4.96. The fraction of sp³-hybridized carbons (Fsp3) is 0.176. The van der Waals surface area contributed by atoms with Crippen molar-refractivity contribution in [1.82, 2.24) is 0 Å². The van der Waals surface area contributed by atoms with Crippen LogP contribution >= 0.6 is 0 Å². The van der Waals surface area contributed by atoms with Crippen molar-refractivity contribution in [1.29, 1.82) is 0 Å². The number of benzene rings is 2. The highest BCUT2D eigenvalue weighted by Gasteiger charge is 2.25. The maximum absolute atomic E-state index is 2.34. The minimum absolute atomic E-state index is 0.559. The number of hydrogen-bond acceptors (Lipinski definition) is 0. The third-order valence-corrected chi connectivity index (χ3v) is 4.09. The highest BCUT2D eigenvalue weighted by Crippen LogP contribution is 2.41. The number of rotatable bonds is 0. The van der Waals surface area contributed by atoms with Gasteiger partial charge in [0.25, 0.3) is 0 Å². The Morgan fingerprint density at radius 3 is 2.88 bits per heavy atom. The maximum Gasteiger partial charge on any atom is 0.0237 e. The second kappa shape index (κ2) is 3.33. The highest BCUT2D eigenvalue weighted by atomic mass is 14.3. The number of hydrogen-bond donors (Lipinski definition) is 0. The maximum atomic E-state index is 2.34. The Balaban J connectivity index is 2.03. The van der Waals surface area contributed by atoms with Gasteiger partial charge in [0, 0.05) is 5.92 Å². The van der Waals surface area contributed by atoms with Crippen molar-refractivity contribution >= 4 is 10.8 Å². The van der Waals surface area contributed by atoms with Crippen LogP contribution in [-0.4, -0.2) is 0 Å². The lowest BCUT2D eigenvalue weighted by Crippen LogP contribution is -2.09. The van der Waals surface area contributed by atoms with Gasteiger partial charge in [0.15, 0.2) is 0 Å². The first-order valence-electron chi connectivity index (χ1n) is 6.31. The second-order valence-corrected chi connectivity index (χ2v) is 4.96. The van der Waals surface area contributed by atoms with Gasteiger partial charge in [-0.05, 0) is 34.7 Å². The van der Waals surface area contributed by atoms with Crippen LogP contribution in [-0.2, 0) is 6.42 Å². The summed E-state index contributed by atoms with van der Waals surface area (Å²) in [4.78, 5) is 0. The average molecular weight is 218 g/mol. The zero-order chi connectivity index (χ0) is 11.2. The third-order valence-electron chi connectivity index (χ3n) is 4.09. The van der Waals surface area contributed by atoms with Gasteiger partial charge in [0.2, 0.25) is 0 Å². The molecule has 2 aromatic rings. The summed E-state index contributed by atoms with van der Waals surface area (Å²) in [5, 5.41) is 2.82. The van der Waals surface area contributed by atoms with Crippen LogP contribution in [0.5, 0.6) is 0 Å². The number of allylic oxidation sites excluding steroid dienone is 4. The minimum Gasteiger partial charge on any atom is -0.0730 e. The van der Waals surface area contributed by atoms with Gasteiger partial charge in [-0.15, -0.1) is 0 Å². The zero-order valence-electron chi connectivity index (χ0n) is 9.69. The molecule has 4 rings (SSSR count). The molecule has 17 heavy (non-hydrogen) atoms. The molecule has 0 radical (unpaired) electrons. The molecule has 0 N–H and O–H groups in total. The molecule has 0 aliphatic heterocycles. The summed E-state index contributed by atoms with van der Waals surface area (Å²) in [6.45, 7) is 0. The van der Waals surface area contributed by atoms with Gasteiger partial charge >= 0.3 is 0 Å². The molecule has 2 aromatic carbocycles. The normalized spacial score (nSPS) is 21.2. The lowest BCUT2D eigenvalue weighted by Gasteiger charge is -2.25. The predicted octanol–water partition coefficient (Wildman–Crippen LogP) is 4.37. The van der Waals surface area contributed by atoms with E-state index in [4.69, 9.17) is 0 Å². The van der Waals surface area contributed by atoms with Crippen molar-refractivity contribution in [2.45, 2.75) is 18.8 Å². The van der Waals surface area contributed by atoms with E-state index in [1.807, 2.05) is 0 Å². The summed E-state index contributed by atoms with van der Waals surface area (Å²) in [5.74, 6) is 0.559. The Labute approximate surface area is 101 Å². The van der Waals surface area contributed by atoms with Gasteiger partial charge in [-0.1, -0.05) is 60.2 Å². The molecule has 0 fully saturated rings. The van der Waals surface area contributed by atoms with Crippen molar-refractivity contribution in [2.24, 2.45) is 0 Å². The molecule has 0 spiro atoms. The van der Waals surface area contributed by atoms with Crippen LogP contribution in [0.2, 0.25) is 0 Å². The van der Waals surface area contributed by atoms with E-state index in [-0.39, 0.29) is 0 Å². The number of fused-ring (bicyclic) bond motifs is 5. The first-order chi connectivity index (χ1) is 8.43. The van der Waals surface area contributed by atoms with Crippen LogP contribution in [0.3, 0.4) is 0 Å². The topological polar surface area (TPSA) is 0 Å². The molecule has 1 unspecified atom stereocenters. The summed E-state index contributed by atoms with van der Waals surface area (Å²) in [6.07, 6.45) is 9.26. The molecule has 0 heteroatoms. The Kier molecular flexibility index (Phi) is 1.81. The molecule has 0 heterocycles. The smallest absolute Gasteiger partial charge is 0.0237 e. The van der Waals surface area contributed by atoms with Crippen LogP contribution in [0.15, 0.2) is 60.2 Å². The average Bonchev–Trinajstić information content (AvgIpc) is 2.86. The SMILES string of the molecule is C1=CC2C(=C1)CCc1c2ccc2ccccc12. The van der Waals surface area contributed by atoms with Crippen LogP contribution in [0.1, 0.15) is 23.5 Å². The molecule has 0 amide bonds. The van der Waals surface area contributed by atoms with E-state index in [0.717, 1.165) is 0 Å². The van der Waals surface area contributed by atoms with Crippen molar-refractivity contribution in [3.8, 4) is 0 Å². The van der Waals surface area contributed by atoms with E-state index in [2.05, 4.69) is 54.6 Å². The first-order valence-corrected chi connectivity index (χ1v) is 6.31. The Bertz CT molecular complexity index is 659. The highest BCUT2D eigenvalue weighted by molar-refractivity contribution is 5.87. The summed E-state index contributed by atoms with van der Waals surface area (Å²) >= 11 is 0. The standard InChI is InChI=1S/C17H14/c1-2-6-14-12(4-1)8-10-17-15-7-3-5-13(15)9-11-16(14)17/h1-8,10,15H,9,11H2. The van der Waals surface area contributed by atoms with E-state index in [9.17, 15) is 0 Å². The van der Waals surface area contributed by atoms with Gasteiger partial charge in [-0.2, -0.15) is 0 Å². The molecule has 1 atom stereocenters. The lowest BCUT2D eigenvalue weighted by molar-refractivity contribution is 0.798. The summed E-state index contributed by atoms with van der Waals surface area (Å²) in [5.41, 5.74) is 4.68. The Morgan fingerprint density at radius 1 is 0.941 bits per heavy atom. The van der Waals surface area contributed by atoms with E-state index in [1.54, 1.807) is 11.1 Å². The quantitative estimate of drug-likeness (QED) is 0.616. The molecule has 0 saturated carbocycles. The Hall–Kier alpha value is -1.82. The Morgan fingerprint density at radius 2 is 1.88 bits per heavy atom. The third kappa shape index (κ3) is 1.24. The first kappa shape index (κ1) is 9.23. The molecular weight excluding hydrogens is 204 g/mol. The predicted molar refractivity (Wildman–Crippen MR) is 72.2 cm³/mol. The van der Waals surface area contributed by atoms with Crippen molar-refractivity contribution in [3.63, 3.8) is 0 Å². The van der Waals surface area contributed by atoms with Crippen molar-refractivity contribution in [3.05, 3.63) is 71.3 Å². The van der Waals surface area contributed by atoms with E-state index >= 15 is 0 Å². The zero-order valence-corrected chi connectivity index (χ0v) is 9.69. The fourth-order valence-electron chi connectivity index (χ4n) is 3.25. The largest absolute Gasteiger partial charge is 0.0730 e. The molecule has 0 nitrogen and oxygen atoms in total. The van der Waals surface area contributed by atoms with Crippen LogP contribution in [0.4, 0.5) is 0 Å². The van der Waals surface area contributed by atoms with Crippen LogP contribution < -0.4 is 0 Å². The van der Waals surface area contributed by atoms with E-state index in [1.165, 1.54) is 29.2 Å². The van der Waals surface area contributed by atoms with Crippen LogP contribution in [0, 0.1) is 0 Å². The van der Waals surface area contributed by atoms with E-state index < -0.39 is 0 Å². The summed E-state index contributed by atoms with van der Waals surface area (Å²) in [6, 6.07) is 13.3. The van der Waals surface area contributed by atoms with Crippen molar-refractivity contribution < 1.29 is 0 Å².